The predicted molar refractivity (Wildman–Crippen MR) is 113 cm³/mol. The zero-order chi connectivity index (χ0) is 22.0. The molecule has 31 heavy (non-hydrogen) atoms. The van der Waals surface area contributed by atoms with Crippen molar-refractivity contribution in [3.63, 3.8) is 0 Å². The predicted octanol–water partition coefficient (Wildman–Crippen LogP) is 2.83. The maximum Gasteiger partial charge on any atom is 0.269 e. The van der Waals surface area contributed by atoms with Crippen molar-refractivity contribution < 1.29 is 9.53 Å². The summed E-state index contributed by atoms with van der Waals surface area (Å²) >= 11 is 0. The minimum atomic E-state index is -0.260. The number of anilines is 2. The molecule has 0 unspecified atom stereocenters. The highest BCUT2D eigenvalue weighted by Crippen LogP contribution is 2.31. The number of pyridine rings is 3. The number of rotatable bonds is 5. The lowest BCUT2D eigenvalue weighted by Gasteiger charge is -2.12. The quantitative estimate of drug-likeness (QED) is 0.510. The Labute approximate surface area is 177 Å². The molecule has 0 fully saturated rings. The Morgan fingerprint density at radius 3 is 2.71 bits per heavy atom. The first-order valence-corrected chi connectivity index (χ1v) is 9.30. The smallest absolute Gasteiger partial charge is 0.269 e. The molecule has 154 valence electrons. The normalized spacial score (nSPS) is 10.5. The summed E-state index contributed by atoms with van der Waals surface area (Å²) in [5, 5.41) is 14.8. The zero-order valence-corrected chi connectivity index (χ0v) is 17.0. The van der Waals surface area contributed by atoms with Crippen molar-refractivity contribution >= 4 is 28.4 Å². The average molecular weight is 414 g/mol. The first kappa shape index (κ1) is 19.8. The number of nitriles is 1. The van der Waals surface area contributed by atoms with Crippen LogP contribution in [0.2, 0.25) is 0 Å². The van der Waals surface area contributed by atoms with Gasteiger partial charge in [-0.1, -0.05) is 0 Å². The van der Waals surface area contributed by atoms with Gasteiger partial charge in [-0.15, -0.1) is 0 Å². The molecule has 0 aliphatic rings. The summed E-state index contributed by atoms with van der Waals surface area (Å²) in [6, 6.07) is 8.75. The van der Waals surface area contributed by atoms with Crippen LogP contribution in [0.5, 0.6) is 11.6 Å². The van der Waals surface area contributed by atoms with Gasteiger partial charge in [0.1, 0.15) is 23.0 Å². The number of hydrogen-bond donors (Lipinski definition) is 2. The molecule has 0 bridgehead atoms. The first-order valence-electron chi connectivity index (χ1n) is 9.30. The molecule has 0 aliphatic heterocycles. The van der Waals surface area contributed by atoms with E-state index >= 15 is 0 Å². The molecule has 0 spiro atoms. The van der Waals surface area contributed by atoms with E-state index in [0.29, 0.717) is 45.6 Å². The van der Waals surface area contributed by atoms with Gasteiger partial charge in [0.25, 0.3) is 5.91 Å². The molecule has 4 rings (SSSR count). The van der Waals surface area contributed by atoms with E-state index in [1.54, 1.807) is 48.4 Å². The van der Waals surface area contributed by atoms with E-state index in [1.165, 1.54) is 6.20 Å². The zero-order valence-electron chi connectivity index (χ0n) is 17.0. The van der Waals surface area contributed by atoms with Gasteiger partial charge in [0, 0.05) is 20.2 Å². The number of carbonyl (C=O) groups is 1. The van der Waals surface area contributed by atoms with Gasteiger partial charge in [-0.05, 0) is 30.7 Å². The molecule has 4 aromatic heterocycles. The third-order valence-electron chi connectivity index (χ3n) is 4.54. The molecular formula is C21H18N8O2. The lowest BCUT2D eigenvalue weighted by Crippen LogP contribution is -2.18. The lowest BCUT2D eigenvalue weighted by molar-refractivity contribution is 0.0958. The third kappa shape index (κ3) is 3.97. The van der Waals surface area contributed by atoms with Gasteiger partial charge in [0.2, 0.25) is 5.88 Å². The number of hydrogen-bond acceptors (Lipinski definition) is 8. The molecular weight excluding hydrogens is 396 g/mol. The fourth-order valence-electron chi connectivity index (χ4n) is 2.93. The van der Waals surface area contributed by atoms with Gasteiger partial charge in [-0.2, -0.15) is 10.2 Å². The number of carbonyl (C=O) groups excluding carboxylic acids is 1. The van der Waals surface area contributed by atoms with Gasteiger partial charge < -0.3 is 19.9 Å². The summed E-state index contributed by atoms with van der Waals surface area (Å²) in [5.41, 5.74) is 4.01. The van der Waals surface area contributed by atoms with Crippen LogP contribution in [0.1, 0.15) is 21.7 Å². The van der Waals surface area contributed by atoms with Crippen LogP contribution in [0.4, 0.5) is 11.4 Å². The standard InChI is InChI=1S/C21H18N8O2/c1-12-6-14(8-22)24-10-17(12)31-18-7-16(19-20(28-18)29(3)11-26-19)27-13-4-5-15(25-9-13)21(30)23-2/h4-7,9-11H,1-3H3,(H,23,30)(H,27,28). The minimum Gasteiger partial charge on any atom is -0.437 e. The highest BCUT2D eigenvalue weighted by molar-refractivity contribution is 5.92. The van der Waals surface area contributed by atoms with E-state index in [2.05, 4.69) is 30.6 Å². The van der Waals surface area contributed by atoms with Crippen LogP contribution >= 0.6 is 0 Å². The molecule has 0 radical (unpaired) electrons. The molecule has 4 aromatic rings. The number of imidazole rings is 1. The summed E-state index contributed by atoms with van der Waals surface area (Å²) in [4.78, 5) is 28.9. The Balaban J connectivity index is 1.69. The third-order valence-corrected chi connectivity index (χ3v) is 4.54. The summed E-state index contributed by atoms with van der Waals surface area (Å²) in [7, 11) is 3.39. The van der Waals surface area contributed by atoms with Gasteiger partial charge >= 0.3 is 0 Å². The summed E-state index contributed by atoms with van der Waals surface area (Å²) in [5.74, 6) is 0.573. The topological polar surface area (TPSA) is 131 Å². The number of aromatic nitrogens is 5. The van der Waals surface area contributed by atoms with Crippen LogP contribution in [-0.2, 0) is 7.05 Å². The summed E-state index contributed by atoms with van der Waals surface area (Å²) in [6.45, 7) is 1.83. The molecule has 10 heteroatoms. The van der Waals surface area contributed by atoms with Crippen molar-refractivity contribution in [2.24, 2.45) is 7.05 Å². The maximum atomic E-state index is 11.7. The van der Waals surface area contributed by atoms with E-state index < -0.39 is 0 Å². The molecule has 0 aliphatic carbocycles. The minimum absolute atomic E-state index is 0.260. The van der Waals surface area contributed by atoms with Crippen molar-refractivity contribution in [2.75, 3.05) is 12.4 Å². The Morgan fingerprint density at radius 2 is 2.03 bits per heavy atom. The second kappa shape index (κ2) is 8.08. The van der Waals surface area contributed by atoms with Crippen LogP contribution in [0.25, 0.3) is 11.2 Å². The van der Waals surface area contributed by atoms with Crippen molar-refractivity contribution in [1.82, 2.24) is 29.8 Å². The van der Waals surface area contributed by atoms with E-state index in [1.807, 2.05) is 20.0 Å². The molecule has 0 saturated heterocycles. The second-order valence-electron chi connectivity index (χ2n) is 6.72. The lowest BCUT2D eigenvalue weighted by atomic mass is 10.2. The van der Waals surface area contributed by atoms with Crippen molar-refractivity contribution in [2.45, 2.75) is 6.92 Å². The van der Waals surface area contributed by atoms with Crippen molar-refractivity contribution in [3.05, 3.63) is 59.9 Å². The first-order chi connectivity index (χ1) is 15.0. The monoisotopic (exact) mass is 414 g/mol. The fourth-order valence-corrected chi connectivity index (χ4v) is 2.93. The number of fused-ring (bicyclic) bond motifs is 1. The largest absolute Gasteiger partial charge is 0.437 e. The highest BCUT2D eigenvalue weighted by atomic mass is 16.5. The second-order valence-corrected chi connectivity index (χ2v) is 6.72. The molecule has 10 nitrogen and oxygen atoms in total. The SMILES string of the molecule is CNC(=O)c1ccc(Nc2cc(Oc3cnc(C#N)cc3C)nc3c2ncn3C)cn1. The van der Waals surface area contributed by atoms with Gasteiger partial charge in [0.15, 0.2) is 11.4 Å². The van der Waals surface area contributed by atoms with Gasteiger partial charge in [-0.25, -0.2) is 15.0 Å². The molecule has 1 amide bonds. The maximum absolute atomic E-state index is 11.7. The van der Waals surface area contributed by atoms with Crippen LogP contribution < -0.4 is 15.4 Å². The van der Waals surface area contributed by atoms with Crippen LogP contribution in [0.3, 0.4) is 0 Å². The van der Waals surface area contributed by atoms with E-state index in [9.17, 15) is 4.79 Å². The highest BCUT2D eigenvalue weighted by Gasteiger charge is 2.14. The Bertz CT molecular complexity index is 1320. The van der Waals surface area contributed by atoms with Crippen molar-refractivity contribution in [3.8, 4) is 17.7 Å². The Kier molecular flexibility index (Phi) is 5.15. The van der Waals surface area contributed by atoms with Crippen LogP contribution in [-0.4, -0.2) is 37.5 Å². The number of nitrogens with zero attached hydrogens (tertiary/aromatic N) is 6. The van der Waals surface area contributed by atoms with E-state index in [-0.39, 0.29) is 5.91 Å². The molecule has 0 saturated carbocycles. The van der Waals surface area contributed by atoms with Gasteiger partial charge in [0.05, 0.1) is 30.1 Å². The average Bonchev–Trinajstić information content (AvgIpc) is 3.16. The number of ether oxygens (including phenoxy) is 1. The molecule has 0 aromatic carbocycles. The summed E-state index contributed by atoms with van der Waals surface area (Å²) in [6.07, 6.45) is 4.72. The van der Waals surface area contributed by atoms with E-state index in [0.717, 1.165) is 5.56 Å². The van der Waals surface area contributed by atoms with Crippen molar-refractivity contribution in [1.29, 1.82) is 5.26 Å². The number of amides is 1. The molecule has 0 atom stereocenters. The van der Waals surface area contributed by atoms with Gasteiger partial charge in [-0.3, -0.25) is 4.79 Å². The Hall–Kier alpha value is -4.52. The van der Waals surface area contributed by atoms with Crippen LogP contribution in [0.15, 0.2) is 43.0 Å². The number of nitrogens with one attached hydrogen (secondary N) is 2. The number of aryl methyl sites for hydroxylation is 2. The van der Waals surface area contributed by atoms with Crippen LogP contribution in [0, 0.1) is 18.3 Å². The summed E-state index contributed by atoms with van der Waals surface area (Å²) < 4.78 is 7.73. The molecule has 2 N–H and O–H groups in total. The Morgan fingerprint density at radius 1 is 1.19 bits per heavy atom. The van der Waals surface area contributed by atoms with E-state index in [4.69, 9.17) is 10.00 Å². The fraction of sp³-hybridized carbons (Fsp3) is 0.143. The molecule has 4 heterocycles.